The molecule has 1 aliphatic carbocycles. The molecule has 1 fully saturated rings. The number of aryl methyl sites for hydroxylation is 1. The third-order valence-electron chi connectivity index (χ3n) is 5.55. The van der Waals surface area contributed by atoms with E-state index in [1.165, 1.54) is 44.1 Å². The lowest BCUT2D eigenvalue weighted by Gasteiger charge is -2.50. The molecule has 0 heteroatoms. The molecule has 0 N–H and O–H groups in total. The summed E-state index contributed by atoms with van der Waals surface area (Å²) < 4.78 is 0. The van der Waals surface area contributed by atoms with Crippen molar-refractivity contribution in [2.24, 2.45) is 5.41 Å². The first-order valence-electron chi connectivity index (χ1n) is 7.60. The van der Waals surface area contributed by atoms with Crippen LogP contribution < -0.4 is 0 Å². The van der Waals surface area contributed by atoms with Gasteiger partial charge in [-0.15, -0.1) is 0 Å². The lowest BCUT2D eigenvalue weighted by Crippen LogP contribution is -2.43. The van der Waals surface area contributed by atoms with E-state index in [1.54, 1.807) is 5.56 Å². The zero-order chi connectivity index (χ0) is 13.2. The van der Waals surface area contributed by atoms with E-state index in [-0.39, 0.29) is 0 Å². The van der Waals surface area contributed by atoms with Crippen molar-refractivity contribution < 1.29 is 0 Å². The van der Waals surface area contributed by atoms with Gasteiger partial charge in [-0.1, -0.05) is 70.7 Å². The Morgan fingerprint density at radius 3 is 2.22 bits per heavy atom. The summed E-state index contributed by atoms with van der Waals surface area (Å²) in [5, 5.41) is 0. The van der Waals surface area contributed by atoms with Crippen molar-refractivity contribution in [1.29, 1.82) is 0 Å². The molecule has 0 heterocycles. The van der Waals surface area contributed by atoms with Crippen LogP contribution in [0.1, 0.15) is 70.4 Å². The molecular weight excluding hydrogens is 216 g/mol. The Bertz CT molecular complexity index is 394. The van der Waals surface area contributed by atoms with Crippen LogP contribution in [-0.4, -0.2) is 0 Å². The summed E-state index contributed by atoms with van der Waals surface area (Å²) in [6.07, 6.45) is 8.24. The molecule has 0 spiro atoms. The quantitative estimate of drug-likeness (QED) is 0.646. The highest BCUT2D eigenvalue weighted by atomic mass is 14.5. The molecule has 18 heavy (non-hydrogen) atoms. The van der Waals surface area contributed by atoms with E-state index in [1.807, 2.05) is 0 Å². The summed E-state index contributed by atoms with van der Waals surface area (Å²) in [5.41, 5.74) is 3.92. The second kappa shape index (κ2) is 5.07. The molecule has 0 unspecified atom stereocenters. The van der Waals surface area contributed by atoms with Crippen LogP contribution in [-0.2, 0) is 5.41 Å². The van der Waals surface area contributed by atoms with Gasteiger partial charge < -0.3 is 0 Å². The molecular formula is C18H28. The average Bonchev–Trinajstić information content (AvgIpc) is 2.40. The van der Waals surface area contributed by atoms with Crippen LogP contribution in [0.15, 0.2) is 24.3 Å². The Morgan fingerprint density at radius 2 is 1.67 bits per heavy atom. The highest BCUT2D eigenvalue weighted by Gasteiger charge is 2.45. The molecule has 0 amide bonds. The van der Waals surface area contributed by atoms with Crippen molar-refractivity contribution in [3.8, 4) is 0 Å². The Balaban J connectivity index is 2.52. The molecule has 0 radical (unpaired) electrons. The Morgan fingerprint density at radius 1 is 1.06 bits per heavy atom. The minimum Gasteiger partial charge on any atom is -0.0648 e. The molecule has 1 aromatic carbocycles. The number of hydrogen-bond acceptors (Lipinski definition) is 0. The van der Waals surface area contributed by atoms with Crippen molar-refractivity contribution >= 4 is 0 Å². The van der Waals surface area contributed by atoms with Gasteiger partial charge in [0.2, 0.25) is 0 Å². The summed E-state index contributed by atoms with van der Waals surface area (Å²) in [4.78, 5) is 0. The fraction of sp³-hybridized carbons (Fsp3) is 0.667. The largest absolute Gasteiger partial charge is 0.0648 e. The van der Waals surface area contributed by atoms with Crippen molar-refractivity contribution in [1.82, 2.24) is 0 Å². The van der Waals surface area contributed by atoms with Crippen molar-refractivity contribution in [3.05, 3.63) is 35.4 Å². The highest BCUT2D eigenvalue weighted by molar-refractivity contribution is 5.36. The zero-order valence-corrected chi connectivity index (χ0v) is 12.6. The van der Waals surface area contributed by atoms with Crippen molar-refractivity contribution in [2.45, 2.75) is 71.6 Å². The van der Waals surface area contributed by atoms with Crippen LogP contribution >= 0.6 is 0 Å². The normalized spacial score (nSPS) is 19.8. The molecule has 1 aromatic rings. The molecule has 100 valence electrons. The van der Waals surface area contributed by atoms with Gasteiger partial charge in [0.15, 0.2) is 0 Å². The minimum atomic E-state index is 0.402. The molecule has 1 aliphatic rings. The Labute approximate surface area is 113 Å². The molecule has 0 aromatic heterocycles. The monoisotopic (exact) mass is 244 g/mol. The second-order valence-corrected chi connectivity index (χ2v) is 6.70. The van der Waals surface area contributed by atoms with E-state index < -0.39 is 0 Å². The first kappa shape index (κ1) is 13.6. The van der Waals surface area contributed by atoms with E-state index in [0.717, 1.165) is 0 Å². The van der Waals surface area contributed by atoms with Gasteiger partial charge in [-0.3, -0.25) is 0 Å². The number of hydrogen-bond donors (Lipinski definition) is 0. The molecule has 0 saturated heterocycles. The molecule has 1 saturated carbocycles. The summed E-state index contributed by atoms with van der Waals surface area (Å²) in [7, 11) is 0. The summed E-state index contributed by atoms with van der Waals surface area (Å²) in [6.45, 7) is 9.60. The minimum absolute atomic E-state index is 0.402. The topological polar surface area (TPSA) is 0 Å². The van der Waals surface area contributed by atoms with Crippen LogP contribution in [0.4, 0.5) is 0 Å². The van der Waals surface area contributed by atoms with E-state index >= 15 is 0 Å². The Hall–Kier alpha value is -0.780. The first-order valence-corrected chi connectivity index (χ1v) is 7.60. The third-order valence-corrected chi connectivity index (χ3v) is 5.55. The van der Waals surface area contributed by atoms with E-state index in [4.69, 9.17) is 0 Å². The van der Waals surface area contributed by atoms with Gasteiger partial charge in [-0.25, -0.2) is 0 Å². The van der Waals surface area contributed by atoms with Crippen molar-refractivity contribution in [3.63, 3.8) is 0 Å². The summed E-state index contributed by atoms with van der Waals surface area (Å²) >= 11 is 0. The predicted octanol–water partition coefficient (Wildman–Crippen LogP) is 5.63. The van der Waals surface area contributed by atoms with Crippen LogP contribution in [0, 0.1) is 12.3 Å². The van der Waals surface area contributed by atoms with Gasteiger partial charge in [0.05, 0.1) is 0 Å². The van der Waals surface area contributed by atoms with Gasteiger partial charge in [0.25, 0.3) is 0 Å². The first-order chi connectivity index (χ1) is 8.53. The zero-order valence-electron chi connectivity index (χ0n) is 12.6. The lowest BCUT2D eigenvalue weighted by atomic mass is 9.54. The van der Waals surface area contributed by atoms with Gasteiger partial charge in [0.1, 0.15) is 0 Å². The smallest absolute Gasteiger partial charge is 0.000663 e. The molecule has 0 bridgehead atoms. The van der Waals surface area contributed by atoms with Gasteiger partial charge in [-0.05, 0) is 36.3 Å². The fourth-order valence-electron chi connectivity index (χ4n) is 3.91. The molecule has 0 atom stereocenters. The van der Waals surface area contributed by atoms with Crippen LogP contribution in [0.5, 0.6) is 0 Å². The summed E-state index contributed by atoms with van der Waals surface area (Å²) in [5.74, 6) is 0. The molecule has 0 aliphatic heterocycles. The summed E-state index contributed by atoms with van der Waals surface area (Å²) in [6, 6.07) is 9.08. The van der Waals surface area contributed by atoms with Gasteiger partial charge >= 0.3 is 0 Å². The fourth-order valence-corrected chi connectivity index (χ4v) is 3.91. The third kappa shape index (κ3) is 2.11. The van der Waals surface area contributed by atoms with Gasteiger partial charge in [-0.2, -0.15) is 0 Å². The van der Waals surface area contributed by atoms with Crippen LogP contribution in [0.3, 0.4) is 0 Å². The Kier molecular flexibility index (Phi) is 3.84. The standard InChI is InChI=1S/C18H28/c1-5-17(3,4)18(13-9-6-10-14-18)16-12-8-7-11-15(16)2/h7-8,11-12H,5-6,9-10,13-14H2,1-4H3. The van der Waals surface area contributed by atoms with Crippen LogP contribution in [0.25, 0.3) is 0 Å². The molecule has 2 rings (SSSR count). The average molecular weight is 244 g/mol. The van der Waals surface area contributed by atoms with E-state index in [9.17, 15) is 0 Å². The van der Waals surface area contributed by atoms with Crippen molar-refractivity contribution in [2.75, 3.05) is 0 Å². The predicted molar refractivity (Wildman–Crippen MR) is 80.0 cm³/mol. The second-order valence-electron chi connectivity index (χ2n) is 6.70. The maximum atomic E-state index is 2.48. The van der Waals surface area contributed by atoms with Crippen LogP contribution in [0.2, 0.25) is 0 Å². The maximum Gasteiger partial charge on any atom is 0.000663 e. The highest BCUT2D eigenvalue weighted by Crippen LogP contribution is 2.53. The van der Waals surface area contributed by atoms with Gasteiger partial charge in [0, 0.05) is 5.41 Å². The van der Waals surface area contributed by atoms with E-state index in [2.05, 4.69) is 52.0 Å². The lowest BCUT2D eigenvalue weighted by molar-refractivity contribution is 0.102. The molecule has 0 nitrogen and oxygen atoms in total. The van der Waals surface area contributed by atoms with E-state index in [0.29, 0.717) is 10.8 Å². The SMILES string of the molecule is CCC(C)(C)C1(c2ccccc2C)CCCCC1. The maximum absolute atomic E-state index is 2.48. The number of benzene rings is 1. The number of rotatable bonds is 3.